The van der Waals surface area contributed by atoms with Crippen LogP contribution in [0.5, 0.6) is 0 Å². The van der Waals surface area contributed by atoms with E-state index in [1.165, 1.54) is 21.5 Å². The number of benzene rings is 2. The number of rotatable bonds is 5. The lowest BCUT2D eigenvalue weighted by Crippen LogP contribution is -2.28. The smallest absolute Gasteiger partial charge is 0.319 e. The first kappa shape index (κ1) is 18.8. The maximum atomic E-state index is 12.5. The number of carbonyl (C=O) groups is 1. The maximum Gasteiger partial charge on any atom is 0.319 e. The van der Waals surface area contributed by atoms with Crippen LogP contribution in [0.3, 0.4) is 0 Å². The molecule has 0 atom stereocenters. The largest absolute Gasteiger partial charge is 0.340 e. The normalized spacial score (nSPS) is 10.9. The number of hydrogen-bond acceptors (Lipinski definition) is 2. The van der Waals surface area contributed by atoms with Gasteiger partial charge in [0, 0.05) is 39.7 Å². The zero-order chi connectivity index (χ0) is 19.5. The van der Waals surface area contributed by atoms with Gasteiger partial charge in [-0.05, 0) is 42.6 Å². The van der Waals surface area contributed by atoms with E-state index >= 15 is 0 Å². The fourth-order valence-corrected chi connectivity index (χ4v) is 4.69. The summed E-state index contributed by atoms with van der Waals surface area (Å²) in [6.45, 7) is 3.49. The van der Waals surface area contributed by atoms with Crippen LogP contribution in [0.1, 0.15) is 12.5 Å². The standard InChI is InChI=1S/C22H20BrN3OS/c1-2-26-19-10-4-3-9-17(19)18(21(26)20-11-6-12-28-20)14-24-22(27)25-16-8-5-7-15(23)13-16/h3-13H,2,14H2,1H3,(H2,24,25,27). The summed E-state index contributed by atoms with van der Waals surface area (Å²) in [5.41, 5.74) is 4.27. The lowest BCUT2D eigenvalue weighted by atomic mass is 10.1. The van der Waals surface area contributed by atoms with Crippen LogP contribution in [-0.2, 0) is 13.1 Å². The molecule has 142 valence electrons. The number of aromatic nitrogens is 1. The molecule has 0 aliphatic carbocycles. The summed E-state index contributed by atoms with van der Waals surface area (Å²) >= 11 is 5.14. The van der Waals surface area contributed by atoms with Crippen molar-refractivity contribution in [3.05, 3.63) is 76.1 Å². The highest BCUT2D eigenvalue weighted by atomic mass is 79.9. The minimum absolute atomic E-state index is 0.219. The molecule has 2 aromatic heterocycles. The van der Waals surface area contributed by atoms with Crippen LogP contribution < -0.4 is 10.6 Å². The highest BCUT2D eigenvalue weighted by molar-refractivity contribution is 9.10. The van der Waals surface area contributed by atoms with Gasteiger partial charge in [0.25, 0.3) is 0 Å². The zero-order valence-electron chi connectivity index (χ0n) is 15.4. The highest BCUT2D eigenvalue weighted by Gasteiger charge is 2.18. The van der Waals surface area contributed by atoms with Gasteiger partial charge in [0.1, 0.15) is 0 Å². The molecule has 0 fully saturated rings. The molecule has 0 unspecified atom stereocenters. The lowest BCUT2D eigenvalue weighted by Gasteiger charge is -2.11. The molecule has 0 spiro atoms. The number of urea groups is 1. The molecule has 28 heavy (non-hydrogen) atoms. The number of nitrogens with one attached hydrogen (secondary N) is 2. The first-order valence-corrected chi connectivity index (χ1v) is 10.8. The fourth-order valence-electron chi connectivity index (χ4n) is 3.49. The number of fused-ring (bicyclic) bond motifs is 1. The van der Waals surface area contributed by atoms with Crippen molar-refractivity contribution in [2.45, 2.75) is 20.0 Å². The van der Waals surface area contributed by atoms with E-state index in [0.29, 0.717) is 6.54 Å². The van der Waals surface area contributed by atoms with Crippen molar-refractivity contribution in [3.8, 4) is 10.6 Å². The van der Waals surface area contributed by atoms with Gasteiger partial charge in [-0.1, -0.05) is 46.3 Å². The second-order valence-electron chi connectivity index (χ2n) is 6.38. The van der Waals surface area contributed by atoms with Crippen molar-refractivity contribution in [3.63, 3.8) is 0 Å². The number of nitrogens with zero attached hydrogens (tertiary/aromatic N) is 1. The number of para-hydroxylation sites is 1. The highest BCUT2D eigenvalue weighted by Crippen LogP contribution is 2.36. The van der Waals surface area contributed by atoms with E-state index < -0.39 is 0 Å². The topological polar surface area (TPSA) is 46.1 Å². The van der Waals surface area contributed by atoms with E-state index in [0.717, 1.165) is 22.3 Å². The molecule has 2 N–H and O–H groups in total. The van der Waals surface area contributed by atoms with Crippen LogP contribution in [0.2, 0.25) is 0 Å². The van der Waals surface area contributed by atoms with E-state index in [1.807, 2.05) is 30.3 Å². The molecule has 4 rings (SSSR count). The van der Waals surface area contributed by atoms with Gasteiger partial charge < -0.3 is 15.2 Å². The van der Waals surface area contributed by atoms with Gasteiger partial charge in [-0.3, -0.25) is 0 Å². The average Bonchev–Trinajstić information content (AvgIpc) is 3.32. The van der Waals surface area contributed by atoms with Crippen LogP contribution in [0.15, 0.2) is 70.5 Å². The van der Waals surface area contributed by atoms with Gasteiger partial charge in [-0.25, -0.2) is 4.79 Å². The summed E-state index contributed by atoms with van der Waals surface area (Å²) < 4.78 is 3.25. The van der Waals surface area contributed by atoms with Crippen LogP contribution in [0.25, 0.3) is 21.5 Å². The zero-order valence-corrected chi connectivity index (χ0v) is 17.8. The van der Waals surface area contributed by atoms with Gasteiger partial charge in [-0.2, -0.15) is 0 Å². The molecule has 4 nitrogen and oxygen atoms in total. The predicted molar refractivity (Wildman–Crippen MR) is 121 cm³/mol. The van der Waals surface area contributed by atoms with E-state index in [9.17, 15) is 4.79 Å². The molecule has 0 saturated heterocycles. The summed E-state index contributed by atoms with van der Waals surface area (Å²) in [6.07, 6.45) is 0. The van der Waals surface area contributed by atoms with Gasteiger partial charge in [0.2, 0.25) is 0 Å². The fraction of sp³-hybridized carbons (Fsp3) is 0.136. The number of anilines is 1. The lowest BCUT2D eigenvalue weighted by molar-refractivity contribution is 0.252. The molecular weight excluding hydrogens is 434 g/mol. The first-order valence-electron chi connectivity index (χ1n) is 9.11. The Morgan fingerprint density at radius 3 is 2.71 bits per heavy atom. The maximum absolute atomic E-state index is 12.5. The van der Waals surface area contributed by atoms with Gasteiger partial charge >= 0.3 is 6.03 Å². The molecule has 2 heterocycles. The number of aryl methyl sites for hydroxylation is 1. The number of thiophene rings is 1. The van der Waals surface area contributed by atoms with E-state index in [2.05, 4.69) is 73.8 Å². The molecule has 0 saturated carbocycles. The van der Waals surface area contributed by atoms with E-state index in [1.54, 1.807) is 11.3 Å². The summed E-state index contributed by atoms with van der Waals surface area (Å²) in [6, 6.07) is 19.9. The Kier molecular flexibility index (Phi) is 5.50. The van der Waals surface area contributed by atoms with Crippen molar-refractivity contribution in [2.75, 3.05) is 5.32 Å². The number of hydrogen-bond donors (Lipinski definition) is 2. The molecule has 0 bridgehead atoms. The van der Waals surface area contributed by atoms with Gasteiger partial charge in [0.15, 0.2) is 0 Å². The van der Waals surface area contributed by atoms with Crippen LogP contribution in [0.4, 0.5) is 10.5 Å². The average molecular weight is 454 g/mol. The number of halogens is 1. The van der Waals surface area contributed by atoms with Crippen LogP contribution in [-0.4, -0.2) is 10.6 Å². The Balaban J connectivity index is 1.64. The second kappa shape index (κ2) is 8.20. The summed E-state index contributed by atoms with van der Waals surface area (Å²) in [5.74, 6) is 0. The van der Waals surface area contributed by atoms with E-state index in [4.69, 9.17) is 0 Å². The summed E-state index contributed by atoms with van der Waals surface area (Å²) in [4.78, 5) is 13.7. The third kappa shape index (κ3) is 3.70. The Bertz CT molecular complexity index is 1120. The minimum Gasteiger partial charge on any atom is -0.340 e. The first-order chi connectivity index (χ1) is 13.7. The van der Waals surface area contributed by atoms with Gasteiger partial charge in [-0.15, -0.1) is 11.3 Å². The molecule has 4 aromatic rings. The SMILES string of the molecule is CCn1c(-c2cccs2)c(CNC(=O)Nc2cccc(Br)c2)c2ccccc21. The summed E-state index contributed by atoms with van der Waals surface area (Å²) in [5, 5.41) is 9.18. The molecule has 0 aliphatic heterocycles. The predicted octanol–water partition coefficient (Wildman–Crippen LogP) is 6.47. The van der Waals surface area contributed by atoms with Crippen molar-refractivity contribution in [1.29, 1.82) is 0 Å². The number of carbonyl (C=O) groups excluding carboxylic acids is 1. The molecule has 2 aromatic carbocycles. The van der Waals surface area contributed by atoms with E-state index in [-0.39, 0.29) is 6.03 Å². The van der Waals surface area contributed by atoms with Crippen molar-refractivity contribution >= 4 is 49.9 Å². The molecule has 2 amide bonds. The Hall–Kier alpha value is -2.57. The van der Waals surface area contributed by atoms with Crippen molar-refractivity contribution in [1.82, 2.24) is 9.88 Å². The molecule has 6 heteroatoms. The molecule has 0 aliphatic rings. The number of amides is 2. The Morgan fingerprint density at radius 2 is 1.96 bits per heavy atom. The molecule has 0 radical (unpaired) electrons. The quantitative estimate of drug-likeness (QED) is 0.357. The van der Waals surface area contributed by atoms with Gasteiger partial charge in [0.05, 0.1) is 10.6 Å². The van der Waals surface area contributed by atoms with Crippen molar-refractivity contribution in [2.24, 2.45) is 0 Å². The monoisotopic (exact) mass is 453 g/mol. The third-order valence-electron chi connectivity index (χ3n) is 4.65. The summed E-state index contributed by atoms with van der Waals surface area (Å²) in [7, 11) is 0. The second-order valence-corrected chi connectivity index (χ2v) is 8.25. The van der Waals surface area contributed by atoms with Crippen molar-refractivity contribution < 1.29 is 4.79 Å². The Labute approximate surface area is 176 Å². The molecular formula is C22H20BrN3OS. The minimum atomic E-state index is -0.219. The van der Waals surface area contributed by atoms with Crippen LogP contribution >= 0.6 is 27.3 Å². The van der Waals surface area contributed by atoms with Crippen LogP contribution in [0, 0.1) is 0 Å². The Morgan fingerprint density at radius 1 is 1.11 bits per heavy atom. The third-order valence-corrected chi connectivity index (χ3v) is 6.02.